The summed E-state index contributed by atoms with van der Waals surface area (Å²) >= 11 is 3.30. The SMILES string of the molecule is BrCC1=CC=C=CC=N1. The van der Waals surface area contributed by atoms with Gasteiger partial charge in [0.2, 0.25) is 0 Å². The molecule has 1 rings (SSSR count). The standard InChI is InChI=1S/C7H6BrN/c8-6-7-4-2-1-3-5-9-7/h2-5H,6H2. The third-order valence-electron chi connectivity index (χ3n) is 0.920. The Balaban J connectivity index is 2.78. The van der Waals surface area contributed by atoms with Gasteiger partial charge < -0.3 is 0 Å². The maximum Gasteiger partial charge on any atom is 0.0515 e. The van der Waals surface area contributed by atoms with Gasteiger partial charge in [0, 0.05) is 11.5 Å². The minimum Gasteiger partial charge on any atom is -0.260 e. The highest BCUT2D eigenvalue weighted by Crippen LogP contribution is 2.01. The lowest BCUT2D eigenvalue weighted by molar-refractivity contribution is 1.35. The van der Waals surface area contributed by atoms with E-state index in [4.69, 9.17) is 0 Å². The number of halogens is 1. The molecule has 1 nitrogen and oxygen atoms in total. The van der Waals surface area contributed by atoms with Gasteiger partial charge >= 0.3 is 0 Å². The van der Waals surface area contributed by atoms with Crippen molar-refractivity contribution in [3.8, 4) is 0 Å². The molecule has 1 aliphatic heterocycles. The molecule has 1 aliphatic rings. The summed E-state index contributed by atoms with van der Waals surface area (Å²) in [6.07, 6.45) is 7.29. The molecule has 0 spiro atoms. The number of hydrogen-bond acceptors (Lipinski definition) is 1. The van der Waals surface area contributed by atoms with Crippen molar-refractivity contribution in [2.45, 2.75) is 0 Å². The largest absolute Gasteiger partial charge is 0.260 e. The quantitative estimate of drug-likeness (QED) is 0.436. The summed E-state index contributed by atoms with van der Waals surface area (Å²) in [7, 11) is 0. The summed E-state index contributed by atoms with van der Waals surface area (Å²) in [5.74, 6) is 0. The first kappa shape index (κ1) is 6.53. The van der Waals surface area contributed by atoms with Gasteiger partial charge in [-0.15, -0.1) is 5.73 Å². The van der Waals surface area contributed by atoms with Crippen LogP contribution in [0.5, 0.6) is 0 Å². The molecule has 0 atom stereocenters. The molecular weight excluding hydrogens is 178 g/mol. The molecule has 0 aromatic rings. The zero-order valence-electron chi connectivity index (χ0n) is 4.84. The molecule has 0 unspecified atom stereocenters. The molecule has 9 heavy (non-hydrogen) atoms. The molecular formula is C7H6BrN. The van der Waals surface area contributed by atoms with Crippen LogP contribution in [-0.2, 0) is 0 Å². The van der Waals surface area contributed by atoms with Crippen molar-refractivity contribution in [3.05, 3.63) is 29.7 Å². The Morgan fingerprint density at radius 3 is 3.22 bits per heavy atom. The van der Waals surface area contributed by atoms with Gasteiger partial charge in [-0.05, 0) is 18.2 Å². The fourth-order valence-corrected chi connectivity index (χ4v) is 0.830. The van der Waals surface area contributed by atoms with E-state index < -0.39 is 0 Å². The van der Waals surface area contributed by atoms with E-state index in [9.17, 15) is 0 Å². The van der Waals surface area contributed by atoms with Crippen LogP contribution >= 0.6 is 15.9 Å². The molecule has 0 saturated carbocycles. The minimum absolute atomic E-state index is 0.801. The first-order valence-corrected chi connectivity index (χ1v) is 3.76. The van der Waals surface area contributed by atoms with Crippen LogP contribution in [0.1, 0.15) is 0 Å². The lowest BCUT2D eigenvalue weighted by Gasteiger charge is -1.87. The number of alkyl halides is 1. The highest BCUT2D eigenvalue weighted by Gasteiger charge is 1.86. The van der Waals surface area contributed by atoms with Crippen LogP contribution in [0.4, 0.5) is 0 Å². The van der Waals surface area contributed by atoms with Crippen molar-refractivity contribution in [2.75, 3.05) is 5.33 Å². The predicted molar refractivity (Wildman–Crippen MR) is 43.0 cm³/mol. The van der Waals surface area contributed by atoms with Gasteiger partial charge in [0.05, 0.1) is 5.70 Å². The van der Waals surface area contributed by atoms with Crippen LogP contribution < -0.4 is 0 Å². The van der Waals surface area contributed by atoms with E-state index in [1.165, 1.54) is 0 Å². The van der Waals surface area contributed by atoms with E-state index in [1.807, 2.05) is 12.2 Å². The second-order valence-electron chi connectivity index (χ2n) is 1.57. The van der Waals surface area contributed by atoms with Crippen LogP contribution in [0.2, 0.25) is 0 Å². The first-order chi connectivity index (χ1) is 4.43. The lowest BCUT2D eigenvalue weighted by atomic mass is 10.4. The molecule has 0 aromatic heterocycles. The summed E-state index contributed by atoms with van der Waals surface area (Å²) in [6, 6.07) is 0. The maximum atomic E-state index is 4.08. The van der Waals surface area contributed by atoms with E-state index in [1.54, 1.807) is 12.3 Å². The summed E-state index contributed by atoms with van der Waals surface area (Å²) in [5, 5.41) is 0.801. The Morgan fingerprint density at radius 1 is 1.56 bits per heavy atom. The van der Waals surface area contributed by atoms with Gasteiger partial charge in [-0.3, -0.25) is 4.99 Å². The fraction of sp³-hybridized carbons (Fsp3) is 0.143. The van der Waals surface area contributed by atoms with Gasteiger partial charge in [-0.1, -0.05) is 15.9 Å². The van der Waals surface area contributed by atoms with Gasteiger partial charge in [0.15, 0.2) is 0 Å². The predicted octanol–water partition coefficient (Wildman–Crippen LogP) is 2.06. The third-order valence-corrected chi connectivity index (χ3v) is 1.49. The lowest BCUT2D eigenvalue weighted by Crippen LogP contribution is -1.76. The summed E-state index contributed by atoms with van der Waals surface area (Å²) in [6.45, 7) is 0. The van der Waals surface area contributed by atoms with Crippen LogP contribution in [-0.4, -0.2) is 11.5 Å². The molecule has 0 fully saturated rings. The van der Waals surface area contributed by atoms with Crippen molar-refractivity contribution >= 4 is 22.1 Å². The smallest absolute Gasteiger partial charge is 0.0515 e. The summed E-state index contributed by atoms with van der Waals surface area (Å²) in [4.78, 5) is 4.08. The van der Waals surface area contributed by atoms with Gasteiger partial charge in [-0.2, -0.15) is 0 Å². The zero-order valence-corrected chi connectivity index (χ0v) is 6.43. The van der Waals surface area contributed by atoms with E-state index in [0.29, 0.717) is 0 Å². The second kappa shape index (κ2) is 3.44. The van der Waals surface area contributed by atoms with Crippen LogP contribution in [0.15, 0.2) is 34.6 Å². The Kier molecular flexibility index (Phi) is 2.49. The monoisotopic (exact) mass is 183 g/mol. The first-order valence-electron chi connectivity index (χ1n) is 2.64. The molecule has 0 amide bonds. The third kappa shape index (κ3) is 2.00. The molecule has 0 aromatic carbocycles. The van der Waals surface area contributed by atoms with Crippen LogP contribution in [0.25, 0.3) is 0 Å². The minimum atomic E-state index is 0.801. The number of rotatable bonds is 1. The van der Waals surface area contributed by atoms with E-state index in [0.717, 1.165) is 11.0 Å². The molecule has 0 bridgehead atoms. The van der Waals surface area contributed by atoms with E-state index in [-0.39, 0.29) is 0 Å². The van der Waals surface area contributed by atoms with Crippen molar-refractivity contribution in [1.82, 2.24) is 0 Å². The normalized spacial score (nSPS) is 15.4. The molecule has 0 saturated heterocycles. The number of hydrogen-bond donors (Lipinski definition) is 0. The number of nitrogens with zero attached hydrogens (tertiary/aromatic N) is 1. The Morgan fingerprint density at radius 2 is 2.44 bits per heavy atom. The Labute approximate surface area is 62.6 Å². The average molecular weight is 184 g/mol. The molecule has 1 heterocycles. The van der Waals surface area contributed by atoms with Crippen LogP contribution in [0, 0.1) is 0 Å². The highest BCUT2D eigenvalue weighted by molar-refractivity contribution is 9.09. The molecule has 46 valence electrons. The van der Waals surface area contributed by atoms with Crippen molar-refractivity contribution in [2.24, 2.45) is 4.99 Å². The van der Waals surface area contributed by atoms with E-state index in [2.05, 4.69) is 26.7 Å². The number of allylic oxidation sites excluding steroid dienone is 3. The number of aliphatic imine (C=N–C) groups is 1. The van der Waals surface area contributed by atoms with Gasteiger partial charge in [-0.25, -0.2) is 0 Å². The van der Waals surface area contributed by atoms with Gasteiger partial charge in [0.1, 0.15) is 0 Å². The topological polar surface area (TPSA) is 12.4 Å². The average Bonchev–Trinajstić information content (AvgIpc) is 2.13. The van der Waals surface area contributed by atoms with Crippen molar-refractivity contribution in [3.63, 3.8) is 0 Å². The van der Waals surface area contributed by atoms with Gasteiger partial charge in [0.25, 0.3) is 0 Å². The van der Waals surface area contributed by atoms with Crippen molar-refractivity contribution in [1.29, 1.82) is 0 Å². The molecule has 0 radical (unpaired) electrons. The maximum absolute atomic E-state index is 4.08. The molecule has 0 aliphatic carbocycles. The van der Waals surface area contributed by atoms with Crippen LogP contribution in [0.3, 0.4) is 0 Å². The zero-order chi connectivity index (χ0) is 6.53. The Bertz CT molecular complexity index is 207. The Hall–Kier alpha value is -0.590. The molecule has 0 N–H and O–H groups in total. The summed E-state index contributed by atoms with van der Waals surface area (Å²) < 4.78 is 0. The van der Waals surface area contributed by atoms with E-state index >= 15 is 0 Å². The fourth-order valence-electron chi connectivity index (χ4n) is 0.498. The highest BCUT2D eigenvalue weighted by atomic mass is 79.9. The second-order valence-corrected chi connectivity index (χ2v) is 2.13. The summed E-state index contributed by atoms with van der Waals surface area (Å²) in [5.41, 5.74) is 3.94. The van der Waals surface area contributed by atoms with Crippen molar-refractivity contribution < 1.29 is 0 Å². The molecule has 2 heteroatoms.